The van der Waals surface area contributed by atoms with Crippen LogP contribution >= 0.6 is 0 Å². The first-order valence-corrected chi connectivity index (χ1v) is 9.80. The van der Waals surface area contributed by atoms with E-state index in [0.717, 1.165) is 17.5 Å². The Morgan fingerprint density at radius 3 is 2.53 bits per heavy atom. The maximum atomic E-state index is 12.8. The summed E-state index contributed by atoms with van der Waals surface area (Å²) in [5.74, 6) is -0.567. The van der Waals surface area contributed by atoms with Gasteiger partial charge < -0.3 is 4.74 Å². The van der Waals surface area contributed by atoms with E-state index in [1.807, 2.05) is 44.2 Å². The number of aryl methyl sites for hydroxylation is 2. The van der Waals surface area contributed by atoms with Gasteiger partial charge in [-0.3, -0.25) is 23.1 Å². The summed E-state index contributed by atoms with van der Waals surface area (Å²) in [5, 5.41) is 0. The Labute approximate surface area is 172 Å². The van der Waals surface area contributed by atoms with Crippen molar-refractivity contribution in [1.29, 1.82) is 0 Å². The summed E-state index contributed by atoms with van der Waals surface area (Å²) in [7, 11) is 0. The molecule has 0 aliphatic carbocycles. The minimum Gasteiger partial charge on any atom is -0.458 e. The molecule has 4 aromatic rings. The number of benzene rings is 1. The van der Waals surface area contributed by atoms with Gasteiger partial charge in [-0.25, -0.2) is 9.78 Å². The maximum Gasteiger partial charge on any atom is 0.329 e. The van der Waals surface area contributed by atoms with Crippen LogP contribution in [0.25, 0.3) is 16.7 Å². The molecule has 0 saturated carbocycles. The molecule has 30 heavy (non-hydrogen) atoms. The Morgan fingerprint density at radius 1 is 1.07 bits per heavy atom. The first-order valence-electron chi connectivity index (χ1n) is 9.80. The summed E-state index contributed by atoms with van der Waals surface area (Å²) in [6.45, 7) is 4.11. The van der Waals surface area contributed by atoms with Crippen LogP contribution in [0.3, 0.4) is 0 Å². The highest BCUT2D eigenvalue weighted by Crippen LogP contribution is 2.13. The molecule has 0 atom stereocenters. The number of imidazole rings is 1. The Kier molecular flexibility index (Phi) is 5.22. The zero-order valence-electron chi connectivity index (χ0n) is 16.9. The smallest absolute Gasteiger partial charge is 0.329 e. The average molecular weight is 406 g/mol. The predicted molar refractivity (Wildman–Crippen MR) is 112 cm³/mol. The van der Waals surface area contributed by atoms with Crippen molar-refractivity contribution in [2.45, 2.75) is 40.0 Å². The largest absolute Gasteiger partial charge is 0.458 e. The van der Waals surface area contributed by atoms with Crippen molar-refractivity contribution in [3.8, 4) is 0 Å². The molecule has 8 nitrogen and oxygen atoms in total. The van der Waals surface area contributed by atoms with Crippen LogP contribution in [0, 0.1) is 6.92 Å². The molecule has 0 unspecified atom stereocenters. The average Bonchev–Trinajstić information content (AvgIpc) is 2.99. The van der Waals surface area contributed by atoms with Crippen LogP contribution in [0.1, 0.15) is 24.6 Å². The molecule has 1 aromatic carbocycles. The van der Waals surface area contributed by atoms with Gasteiger partial charge in [-0.05, 0) is 37.1 Å². The maximum absolute atomic E-state index is 12.8. The predicted octanol–water partition coefficient (Wildman–Crippen LogP) is 2.27. The minimum atomic E-state index is -0.567. The third-order valence-corrected chi connectivity index (χ3v) is 4.90. The molecule has 3 aromatic heterocycles. The highest BCUT2D eigenvalue weighted by Gasteiger charge is 2.16. The zero-order chi connectivity index (χ0) is 21.3. The van der Waals surface area contributed by atoms with E-state index < -0.39 is 5.97 Å². The van der Waals surface area contributed by atoms with E-state index in [-0.39, 0.29) is 24.4 Å². The quantitative estimate of drug-likeness (QED) is 0.459. The third-order valence-electron chi connectivity index (χ3n) is 4.90. The number of carbonyl (C=O) groups is 1. The molecule has 154 valence electrons. The minimum absolute atomic E-state index is 0.138. The lowest BCUT2D eigenvalue weighted by Crippen LogP contribution is -2.28. The molecule has 0 bridgehead atoms. The van der Waals surface area contributed by atoms with Gasteiger partial charge in [-0.2, -0.15) is 0 Å². The second-order valence-corrected chi connectivity index (χ2v) is 7.19. The van der Waals surface area contributed by atoms with E-state index in [0.29, 0.717) is 23.4 Å². The normalized spacial score (nSPS) is 11.3. The van der Waals surface area contributed by atoms with Gasteiger partial charge in [0.05, 0.1) is 16.7 Å². The number of carbonyl (C=O) groups excluding carboxylic acids is 1. The second-order valence-electron chi connectivity index (χ2n) is 7.19. The zero-order valence-corrected chi connectivity index (χ0v) is 16.9. The molecule has 0 aliphatic heterocycles. The lowest BCUT2D eigenvalue weighted by atomic mass is 10.3. The topological polar surface area (TPSA) is 87.6 Å². The number of ether oxygens (including phenoxy) is 1. The van der Waals surface area contributed by atoms with Gasteiger partial charge in [0.15, 0.2) is 0 Å². The Hall–Kier alpha value is -3.68. The van der Waals surface area contributed by atoms with E-state index in [4.69, 9.17) is 4.74 Å². The van der Waals surface area contributed by atoms with Gasteiger partial charge in [0.1, 0.15) is 18.8 Å². The fourth-order valence-electron chi connectivity index (χ4n) is 3.53. The molecule has 0 aliphatic rings. The van der Waals surface area contributed by atoms with Crippen molar-refractivity contribution in [3.05, 3.63) is 80.8 Å². The number of nitrogens with zero attached hydrogens (tertiary/aromatic N) is 4. The molecule has 3 heterocycles. The molecular formula is C22H22N4O4. The van der Waals surface area contributed by atoms with Crippen molar-refractivity contribution >= 4 is 22.6 Å². The van der Waals surface area contributed by atoms with Crippen LogP contribution in [0.15, 0.2) is 58.3 Å². The molecule has 8 heteroatoms. The molecule has 0 spiro atoms. The number of fused-ring (bicyclic) bond motifs is 2. The van der Waals surface area contributed by atoms with E-state index in [2.05, 4.69) is 4.98 Å². The van der Waals surface area contributed by atoms with Crippen LogP contribution in [0.4, 0.5) is 0 Å². The van der Waals surface area contributed by atoms with E-state index in [1.165, 1.54) is 15.0 Å². The van der Waals surface area contributed by atoms with Crippen LogP contribution in [-0.4, -0.2) is 24.5 Å². The molecule has 0 amide bonds. The van der Waals surface area contributed by atoms with E-state index in [1.54, 1.807) is 16.8 Å². The summed E-state index contributed by atoms with van der Waals surface area (Å²) in [4.78, 5) is 41.9. The number of para-hydroxylation sites is 2. The summed E-state index contributed by atoms with van der Waals surface area (Å²) < 4.78 is 9.84. The van der Waals surface area contributed by atoms with Crippen molar-refractivity contribution in [2.75, 3.05) is 0 Å². The summed E-state index contributed by atoms with van der Waals surface area (Å²) in [6, 6.07) is 12.3. The number of rotatable bonds is 6. The summed E-state index contributed by atoms with van der Waals surface area (Å²) in [5.41, 5.74) is 2.78. The van der Waals surface area contributed by atoms with E-state index >= 15 is 0 Å². The highest BCUT2D eigenvalue weighted by atomic mass is 16.5. The Bertz CT molecular complexity index is 1360. The second kappa shape index (κ2) is 7.98. The van der Waals surface area contributed by atoms with Crippen LogP contribution in [0.2, 0.25) is 0 Å². The first kappa shape index (κ1) is 19.6. The van der Waals surface area contributed by atoms with Crippen molar-refractivity contribution in [3.63, 3.8) is 0 Å². The number of hydrogen-bond donors (Lipinski definition) is 0. The number of aromatic nitrogens is 4. The van der Waals surface area contributed by atoms with Gasteiger partial charge in [-0.1, -0.05) is 25.1 Å². The number of hydrogen-bond acceptors (Lipinski definition) is 5. The van der Waals surface area contributed by atoms with Crippen molar-refractivity contribution in [1.82, 2.24) is 18.5 Å². The molecular weight excluding hydrogens is 384 g/mol. The fraction of sp³-hybridized carbons (Fsp3) is 0.273. The fourth-order valence-corrected chi connectivity index (χ4v) is 3.53. The summed E-state index contributed by atoms with van der Waals surface area (Å²) in [6.07, 6.45) is 2.51. The Morgan fingerprint density at radius 2 is 1.80 bits per heavy atom. The molecule has 0 saturated heterocycles. The van der Waals surface area contributed by atoms with Gasteiger partial charge in [0, 0.05) is 18.8 Å². The molecule has 0 N–H and O–H groups in total. The molecule has 0 fully saturated rings. The van der Waals surface area contributed by atoms with Crippen molar-refractivity contribution in [2.24, 2.45) is 0 Å². The standard InChI is InChI=1S/C22H22N4O4/c1-3-10-24-17-6-4-5-7-18(17)25(22(24)29)13-21(28)30-14-16-11-20(27)26-12-15(2)8-9-19(26)23-16/h4-9,11-12H,3,10,13-14H2,1-2H3. The van der Waals surface area contributed by atoms with Gasteiger partial charge in [0.25, 0.3) is 5.56 Å². The number of esters is 1. The van der Waals surface area contributed by atoms with E-state index in [9.17, 15) is 14.4 Å². The highest BCUT2D eigenvalue weighted by molar-refractivity contribution is 5.78. The van der Waals surface area contributed by atoms with Gasteiger partial charge >= 0.3 is 11.7 Å². The summed E-state index contributed by atoms with van der Waals surface area (Å²) >= 11 is 0. The molecule has 0 radical (unpaired) electrons. The van der Waals surface area contributed by atoms with Crippen LogP contribution < -0.4 is 11.2 Å². The van der Waals surface area contributed by atoms with Crippen LogP contribution in [-0.2, 0) is 29.2 Å². The Balaban J connectivity index is 1.54. The lowest BCUT2D eigenvalue weighted by molar-refractivity contribution is -0.145. The number of pyridine rings is 1. The third kappa shape index (κ3) is 3.63. The molecule has 4 rings (SSSR count). The SMILES string of the molecule is CCCn1c(=O)n(CC(=O)OCc2cc(=O)n3cc(C)ccc3n2)c2ccccc21. The van der Waals surface area contributed by atoms with Gasteiger partial charge in [-0.15, -0.1) is 0 Å². The van der Waals surface area contributed by atoms with Crippen LogP contribution in [0.5, 0.6) is 0 Å². The lowest BCUT2D eigenvalue weighted by Gasteiger charge is -2.07. The van der Waals surface area contributed by atoms with Gasteiger partial charge in [0.2, 0.25) is 0 Å². The van der Waals surface area contributed by atoms with Crippen molar-refractivity contribution < 1.29 is 9.53 Å². The monoisotopic (exact) mass is 406 g/mol. The first-order chi connectivity index (χ1) is 14.5.